The summed E-state index contributed by atoms with van der Waals surface area (Å²) in [5, 5.41) is 13.7. The molecule has 2 aliphatic heterocycles. The topological polar surface area (TPSA) is 144 Å². The fraction of sp³-hybridized carbons (Fsp3) is 0.520. The number of methoxy groups -OCH3 is 1. The predicted molar refractivity (Wildman–Crippen MR) is 140 cm³/mol. The van der Waals surface area contributed by atoms with Crippen molar-refractivity contribution in [1.82, 2.24) is 14.3 Å². The van der Waals surface area contributed by atoms with Gasteiger partial charge in [0.15, 0.2) is 0 Å². The van der Waals surface area contributed by atoms with E-state index in [1.807, 2.05) is 0 Å². The zero-order chi connectivity index (χ0) is 27.4. The first kappa shape index (κ1) is 28.7. The summed E-state index contributed by atoms with van der Waals surface area (Å²) in [4.78, 5) is 0.298. The number of sulfonamides is 2. The van der Waals surface area contributed by atoms with Crippen molar-refractivity contribution in [3.63, 3.8) is 0 Å². The molecule has 2 aliphatic rings. The lowest BCUT2D eigenvalue weighted by Gasteiger charge is -2.38. The first-order valence-electron chi connectivity index (χ1n) is 12.4. The number of nitrogens with one attached hydrogen (secondary N) is 2. The molecule has 210 valence electrons. The van der Waals surface area contributed by atoms with Gasteiger partial charge in [-0.2, -0.15) is 4.31 Å². The van der Waals surface area contributed by atoms with E-state index in [2.05, 4.69) is 10.0 Å². The maximum absolute atomic E-state index is 13.1. The number of rotatable bonds is 11. The highest BCUT2D eigenvalue weighted by Crippen LogP contribution is 2.37. The summed E-state index contributed by atoms with van der Waals surface area (Å²) in [6.45, 7) is 1.47. The maximum atomic E-state index is 13.1. The number of aliphatic hydroxyl groups excluding tert-OH is 1. The van der Waals surface area contributed by atoms with Crippen LogP contribution in [0.15, 0.2) is 58.3 Å². The third-order valence-electron chi connectivity index (χ3n) is 6.99. The zero-order valence-electron chi connectivity index (χ0n) is 21.5. The first-order chi connectivity index (χ1) is 18.1. The van der Waals surface area contributed by atoms with Crippen LogP contribution in [0.5, 0.6) is 11.5 Å². The normalized spacial score (nSPS) is 20.9. The molecule has 0 aliphatic carbocycles. The van der Waals surface area contributed by atoms with E-state index in [1.54, 1.807) is 30.3 Å². The van der Waals surface area contributed by atoms with Gasteiger partial charge >= 0.3 is 0 Å². The number of nitrogens with zero attached hydrogens (tertiary/aromatic N) is 1. The Hall–Kier alpha value is -2.26. The predicted octanol–water partition coefficient (Wildman–Crippen LogP) is 0.945. The van der Waals surface area contributed by atoms with E-state index in [0.717, 1.165) is 6.42 Å². The van der Waals surface area contributed by atoms with E-state index < -0.39 is 31.8 Å². The van der Waals surface area contributed by atoms with Crippen LogP contribution in [0.25, 0.3) is 0 Å². The Balaban J connectivity index is 1.23. The Kier molecular flexibility index (Phi) is 8.97. The number of hydrogen-bond donors (Lipinski definition) is 3. The highest BCUT2D eigenvalue weighted by molar-refractivity contribution is 7.89. The smallest absolute Gasteiger partial charge is 0.243 e. The van der Waals surface area contributed by atoms with Gasteiger partial charge in [-0.25, -0.2) is 21.6 Å². The standard InChI is InChI=1S/C25H35N3O8S2/c1-26-37(30,31)23-7-4-6-22(14-23)35-18-20(29)16-27-19-15-25(36-17-19)9-11-28(12-10-25)38(32,33)24-8-3-5-21(13-24)34-2/h3-8,13-14,19-20,26-27,29H,9-12,15-18H2,1-2H3. The van der Waals surface area contributed by atoms with Crippen LogP contribution in [0.4, 0.5) is 0 Å². The van der Waals surface area contributed by atoms with Crippen LogP contribution in [0.1, 0.15) is 19.3 Å². The molecule has 2 aromatic carbocycles. The van der Waals surface area contributed by atoms with Crippen LogP contribution in [0, 0.1) is 0 Å². The number of hydrogen-bond acceptors (Lipinski definition) is 9. The lowest BCUT2D eigenvalue weighted by atomic mass is 9.88. The van der Waals surface area contributed by atoms with E-state index in [1.165, 1.54) is 36.7 Å². The molecule has 2 atom stereocenters. The number of ether oxygens (including phenoxy) is 3. The van der Waals surface area contributed by atoms with Crippen molar-refractivity contribution in [2.45, 2.75) is 46.8 Å². The van der Waals surface area contributed by atoms with E-state index in [4.69, 9.17) is 14.2 Å². The van der Waals surface area contributed by atoms with Gasteiger partial charge in [-0.05, 0) is 50.6 Å². The van der Waals surface area contributed by atoms with Gasteiger partial charge < -0.3 is 24.6 Å². The molecule has 2 saturated heterocycles. The van der Waals surface area contributed by atoms with Crippen molar-refractivity contribution in [3.05, 3.63) is 48.5 Å². The summed E-state index contributed by atoms with van der Waals surface area (Å²) in [6.07, 6.45) is 1.08. The quantitative estimate of drug-likeness (QED) is 0.360. The van der Waals surface area contributed by atoms with Crippen molar-refractivity contribution in [2.75, 3.05) is 47.0 Å². The molecular formula is C25H35N3O8S2. The molecule has 0 radical (unpaired) electrons. The third-order valence-corrected chi connectivity index (χ3v) is 10.3. The highest BCUT2D eigenvalue weighted by Gasteiger charge is 2.44. The van der Waals surface area contributed by atoms with Gasteiger partial charge in [0.25, 0.3) is 0 Å². The Morgan fingerprint density at radius 2 is 1.74 bits per heavy atom. The van der Waals surface area contributed by atoms with Gasteiger partial charge in [-0.3, -0.25) is 0 Å². The molecule has 4 rings (SSSR count). The second kappa shape index (κ2) is 11.9. The highest BCUT2D eigenvalue weighted by atomic mass is 32.2. The summed E-state index contributed by atoms with van der Waals surface area (Å²) in [7, 11) is -4.36. The number of piperidine rings is 1. The minimum absolute atomic E-state index is 0.00807. The van der Waals surface area contributed by atoms with Crippen molar-refractivity contribution in [3.8, 4) is 11.5 Å². The number of aliphatic hydroxyl groups is 1. The fourth-order valence-electron chi connectivity index (χ4n) is 4.77. The maximum Gasteiger partial charge on any atom is 0.243 e. The van der Waals surface area contributed by atoms with E-state index in [0.29, 0.717) is 44.0 Å². The Labute approximate surface area is 224 Å². The van der Waals surface area contributed by atoms with Crippen LogP contribution < -0.4 is 19.5 Å². The average Bonchev–Trinajstić information content (AvgIpc) is 3.33. The van der Waals surface area contributed by atoms with Gasteiger partial charge in [-0.1, -0.05) is 12.1 Å². The summed E-state index contributed by atoms with van der Waals surface area (Å²) in [6, 6.07) is 12.6. The SMILES string of the molecule is CNS(=O)(=O)c1cccc(OCC(O)CNC2COC3(CCN(S(=O)(=O)c4cccc(OC)c4)CC3)C2)c1. The van der Waals surface area contributed by atoms with Crippen LogP contribution in [0.2, 0.25) is 0 Å². The molecule has 13 heteroatoms. The van der Waals surface area contributed by atoms with E-state index >= 15 is 0 Å². The largest absolute Gasteiger partial charge is 0.497 e. The summed E-state index contributed by atoms with van der Waals surface area (Å²) >= 11 is 0. The van der Waals surface area contributed by atoms with Crippen LogP contribution >= 0.6 is 0 Å². The Bertz CT molecular complexity index is 1310. The van der Waals surface area contributed by atoms with Crippen LogP contribution in [-0.2, 0) is 24.8 Å². The molecule has 2 fully saturated rings. The molecule has 2 aromatic rings. The Morgan fingerprint density at radius 3 is 2.42 bits per heavy atom. The molecule has 3 N–H and O–H groups in total. The van der Waals surface area contributed by atoms with Gasteiger partial charge in [0.05, 0.1) is 29.1 Å². The van der Waals surface area contributed by atoms with E-state index in [9.17, 15) is 21.9 Å². The minimum atomic E-state index is -3.62. The molecule has 0 amide bonds. The van der Waals surface area contributed by atoms with Gasteiger partial charge in [-0.15, -0.1) is 0 Å². The Morgan fingerprint density at radius 1 is 1.08 bits per heavy atom. The molecule has 2 heterocycles. The zero-order valence-corrected chi connectivity index (χ0v) is 23.1. The monoisotopic (exact) mass is 569 g/mol. The van der Waals surface area contributed by atoms with Crippen LogP contribution in [0.3, 0.4) is 0 Å². The molecule has 0 saturated carbocycles. The average molecular weight is 570 g/mol. The van der Waals surface area contributed by atoms with Crippen molar-refractivity contribution < 1.29 is 36.2 Å². The van der Waals surface area contributed by atoms with Crippen molar-refractivity contribution in [2.24, 2.45) is 0 Å². The minimum Gasteiger partial charge on any atom is -0.497 e. The third kappa shape index (κ3) is 6.65. The van der Waals surface area contributed by atoms with Gasteiger partial charge in [0.1, 0.15) is 24.2 Å². The van der Waals surface area contributed by atoms with Gasteiger partial charge in [0.2, 0.25) is 20.0 Å². The molecule has 2 unspecified atom stereocenters. The lowest BCUT2D eigenvalue weighted by molar-refractivity contribution is -0.0312. The van der Waals surface area contributed by atoms with Crippen LogP contribution in [-0.4, -0.2) is 91.0 Å². The lowest BCUT2D eigenvalue weighted by Crippen LogP contribution is -2.47. The number of benzene rings is 2. The fourth-order valence-corrected chi connectivity index (χ4v) is 7.01. The molecule has 11 nitrogen and oxygen atoms in total. The molecule has 38 heavy (non-hydrogen) atoms. The summed E-state index contributed by atoms with van der Waals surface area (Å²) < 4.78 is 70.7. The summed E-state index contributed by atoms with van der Waals surface area (Å²) in [5.41, 5.74) is -0.390. The molecule has 1 spiro atoms. The van der Waals surface area contributed by atoms with Crippen molar-refractivity contribution in [1.29, 1.82) is 0 Å². The molecule has 0 bridgehead atoms. The second-order valence-electron chi connectivity index (χ2n) is 9.53. The van der Waals surface area contributed by atoms with E-state index in [-0.39, 0.29) is 29.0 Å². The molecule has 0 aromatic heterocycles. The van der Waals surface area contributed by atoms with Gasteiger partial charge in [0, 0.05) is 37.8 Å². The summed E-state index contributed by atoms with van der Waals surface area (Å²) in [5.74, 6) is 0.842. The van der Waals surface area contributed by atoms with Crippen molar-refractivity contribution >= 4 is 20.0 Å². The first-order valence-corrected chi connectivity index (χ1v) is 15.4. The second-order valence-corrected chi connectivity index (χ2v) is 13.4. The molecular weight excluding hydrogens is 534 g/mol.